The number of aromatic amines is 1. The summed E-state index contributed by atoms with van der Waals surface area (Å²) in [7, 11) is 0. The van der Waals surface area contributed by atoms with Crippen molar-refractivity contribution in [3.63, 3.8) is 0 Å². The molecule has 0 spiro atoms. The summed E-state index contributed by atoms with van der Waals surface area (Å²) in [6, 6.07) is 15.6. The van der Waals surface area contributed by atoms with Gasteiger partial charge in [-0.2, -0.15) is 0 Å². The largest absolute Gasteiger partial charge is 0.462 e. The summed E-state index contributed by atoms with van der Waals surface area (Å²) >= 11 is 3.43. The number of halogens is 1. The van der Waals surface area contributed by atoms with Crippen molar-refractivity contribution in [3.8, 4) is 0 Å². The van der Waals surface area contributed by atoms with E-state index in [4.69, 9.17) is 4.74 Å². The molecular formula is C24H21BrN2O3. The molecule has 6 heteroatoms. The lowest BCUT2D eigenvalue weighted by molar-refractivity contribution is -0.136. The Hall–Kier alpha value is -3.12. The van der Waals surface area contributed by atoms with E-state index in [9.17, 15) is 9.59 Å². The van der Waals surface area contributed by atoms with Gasteiger partial charge in [0.05, 0.1) is 17.9 Å². The van der Waals surface area contributed by atoms with Crippen molar-refractivity contribution in [3.05, 3.63) is 82.1 Å². The molecule has 1 amide bonds. The van der Waals surface area contributed by atoms with E-state index in [0.717, 1.165) is 32.2 Å². The van der Waals surface area contributed by atoms with E-state index in [2.05, 4.69) is 20.9 Å². The fraction of sp³-hybridized carbons (Fsp3) is 0.167. The summed E-state index contributed by atoms with van der Waals surface area (Å²) in [5.41, 5.74) is 3.99. The van der Waals surface area contributed by atoms with Gasteiger partial charge in [0.2, 0.25) is 0 Å². The van der Waals surface area contributed by atoms with E-state index in [0.29, 0.717) is 18.5 Å². The second-order valence-corrected chi connectivity index (χ2v) is 7.87. The highest BCUT2D eigenvalue weighted by molar-refractivity contribution is 9.10. The summed E-state index contributed by atoms with van der Waals surface area (Å²) in [5.74, 6) is -0.632. The zero-order chi connectivity index (χ0) is 21.1. The third-order valence-electron chi connectivity index (χ3n) is 5.02. The van der Waals surface area contributed by atoms with Crippen LogP contribution in [0.5, 0.6) is 0 Å². The van der Waals surface area contributed by atoms with Gasteiger partial charge in [-0.15, -0.1) is 0 Å². The van der Waals surface area contributed by atoms with E-state index < -0.39 is 5.97 Å². The lowest BCUT2D eigenvalue weighted by Crippen LogP contribution is -2.26. The Kier molecular flexibility index (Phi) is 5.86. The van der Waals surface area contributed by atoms with Crippen molar-refractivity contribution in [2.75, 3.05) is 13.2 Å². The van der Waals surface area contributed by atoms with E-state index >= 15 is 0 Å². The number of amides is 1. The van der Waals surface area contributed by atoms with Crippen molar-refractivity contribution >= 4 is 50.4 Å². The molecule has 30 heavy (non-hydrogen) atoms. The predicted octanol–water partition coefficient (Wildman–Crippen LogP) is 4.93. The number of H-pyrrole nitrogens is 1. The number of rotatable bonds is 4. The minimum atomic E-state index is -0.444. The Labute approximate surface area is 183 Å². The average molecular weight is 465 g/mol. The van der Waals surface area contributed by atoms with Crippen LogP contribution in [0.25, 0.3) is 22.6 Å². The van der Waals surface area contributed by atoms with Crippen LogP contribution in [-0.2, 0) is 20.7 Å². The van der Waals surface area contributed by atoms with Crippen LogP contribution in [-0.4, -0.2) is 34.9 Å². The smallest absolute Gasteiger partial charge is 0.341 e. The van der Waals surface area contributed by atoms with Crippen LogP contribution in [0.2, 0.25) is 0 Å². The number of hydrogen-bond donors (Lipinski definition) is 1. The first-order valence-electron chi connectivity index (χ1n) is 9.80. The molecule has 0 bridgehead atoms. The Morgan fingerprint density at radius 1 is 1.20 bits per heavy atom. The maximum Gasteiger partial charge on any atom is 0.341 e. The Morgan fingerprint density at radius 2 is 2.03 bits per heavy atom. The van der Waals surface area contributed by atoms with Crippen LogP contribution in [0.1, 0.15) is 23.7 Å². The van der Waals surface area contributed by atoms with Crippen molar-refractivity contribution in [2.45, 2.75) is 13.3 Å². The predicted molar refractivity (Wildman–Crippen MR) is 122 cm³/mol. The molecule has 1 aliphatic heterocycles. The van der Waals surface area contributed by atoms with Gasteiger partial charge in [-0.25, -0.2) is 4.79 Å². The lowest BCUT2D eigenvalue weighted by Gasteiger charge is -2.15. The van der Waals surface area contributed by atoms with Crippen molar-refractivity contribution in [1.29, 1.82) is 0 Å². The average Bonchev–Trinajstić information content (AvgIpc) is 2.99. The van der Waals surface area contributed by atoms with Crippen molar-refractivity contribution < 1.29 is 14.3 Å². The molecule has 4 rings (SSSR count). The quantitative estimate of drug-likeness (QED) is 0.439. The minimum Gasteiger partial charge on any atom is -0.462 e. The molecule has 2 aromatic carbocycles. The minimum absolute atomic E-state index is 0.189. The van der Waals surface area contributed by atoms with Gasteiger partial charge >= 0.3 is 5.97 Å². The topological polar surface area (TPSA) is 62.4 Å². The zero-order valence-corrected chi connectivity index (χ0v) is 18.1. The van der Waals surface area contributed by atoms with Gasteiger partial charge < -0.3 is 14.6 Å². The van der Waals surface area contributed by atoms with Crippen LogP contribution in [0.3, 0.4) is 0 Å². The molecule has 0 saturated heterocycles. The number of fused-ring (bicyclic) bond motifs is 3. The summed E-state index contributed by atoms with van der Waals surface area (Å²) in [5, 5.41) is 1.06. The van der Waals surface area contributed by atoms with Crippen LogP contribution in [0.4, 0.5) is 0 Å². The van der Waals surface area contributed by atoms with E-state index in [1.807, 2.05) is 48.5 Å². The first kappa shape index (κ1) is 20.2. The molecule has 1 N–H and O–H groups in total. The Morgan fingerprint density at radius 3 is 2.83 bits per heavy atom. The normalized spacial score (nSPS) is 13.8. The van der Waals surface area contributed by atoms with Crippen LogP contribution in [0, 0.1) is 0 Å². The molecule has 3 aromatic rings. The number of carbonyl (C=O) groups excluding carboxylic acids is 2. The molecule has 0 unspecified atom stereocenters. The maximum absolute atomic E-state index is 12.9. The molecule has 0 radical (unpaired) electrons. The number of para-hydroxylation sites is 1. The standard InChI is InChI=1S/C24H21BrN2O3/c1-2-30-24(29)20-15-27(22(28)11-10-16-6-5-7-17(25)14-16)13-12-19-18-8-3-4-9-21(18)26-23(19)20/h3-11,14-15,26H,2,12-13H2,1H3. The van der Waals surface area contributed by atoms with Gasteiger partial charge in [0.15, 0.2) is 0 Å². The molecule has 2 heterocycles. The number of nitrogens with zero attached hydrogens (tertiary/aromatic N) is 1. The fourth-order valence-electron chi connectivity index (χ4n) is 3.62. The first-order chi connectivity index (χ1) is 14.6. The van der Waals surface area contributed by atoms with E-state index in [1.165, 1.54) is 6.08 Å². The molecule has 0 aliphatic carbocycles. The molecule has 1 aromatic heterocycles. The second kappa shape index (κ2) is 8.71. The van der Waals surface area contributed by atoms with Crippen LogP contribution in [0.15, 0.2) is 65.3 Å². The number of ether oxygens (including phenoxy) is 1. The SMILES string of the molecule is CCOC(=O)C1=CN(C(=O)C=Cc2cccc(Br)c2)CCc2c1[nH]c1ccccc21. The summed E-state index contributed by atoms with van der Waals surface area (Å²) in [6.45, 7) is 2.51. The second-order valence-electron chi connectivity index (χ2n) is 6.96. The first-order valence-corrected chi connectivity index (χ1v) is 10.6. The van der Waals surface area contributed by atoms with Crippen LogP contribution >= 0.6 is 15.9 Å². The number of esters is 1. The molecule has 5 nitrogen and oxygen atoms in total. The lowest BCUT2D eigenvalue weighted by atomic mass is 10.0. The van der Waals surface area contributed by atoms with Crippen molar-refractivity contribution in [2.24, 2.45) is 0 Å². The number of nitrogens with one attached hydrogen (secondary N) is 1. The van der Waals surface area contributed by atoms with Gasteiger partial charge in [0, 0.05) is 34.2 Å². The van der Waals surface area contributed by atoms with Crippen LogP contribution < -0.4 is 0 Å². The zero-order valence-electron chi connectivity index (χ0n) is 16.5. The van der Waals surface area contributed by atoms with E-state index in [1.54, 1.807) is 24.1 Å². The highest BCUT2D eigenvalue weighted by Gasteiger charge is 2.26. The summed E-state index contributed by atoms with van der Waals surface area (Å²) in [4.78, 5) is 30.5. The Bertz CT molecular complexity index is 1180. The van der Waals surface area contributed by atoms with Gasteiger partial charge in [0.25, 0.3) is 5.91 Å². The number of aromatic nitrogens is 1. The molecule has 0 atom stereocenters. The highest BCUT2D eigenvalue weighted by atomic mass is 79.9. The third-order valence-corrected chi connectivity index (χ3v) is 5.51. The van der Waals surface area contributed by atoms with Crippen molar-refractivity contribution in [1.82, 2.24) is 9.88 Å². The molecule has 0 fully saturated rings. The summed E-state index contributed by atoms with van der Waals surface area (Å²) in [6.07, 6.45) is 5.53. The van der Waals surface area contributed by atoms with Gasteiger partial charge in [0.1, 0.15) is 0 Å². The molecule has 0 saturated carbocycles. The number of benzene rings is 2. The van der Waals surface area contributed by atoms with Gasteiger partial charge in [-0.3, -0.25) is 4.79 Å². The van der Waals surface area contributed by atoms with E-state index in [-0.39, 0.29) is 12.5 Å². The molecular weight excluding hydrogens is 444 g/mol. The number of hydrogen-bond acceptors (Lipinski definition) is 3. The van der Waals surface area contributed by atoms with Gasteiger partial charge in [-0.05, 0) is 48.7 Å². The monoisotopic (exact) mass is 464 g/mol. The fourth-order valence-corrected chi connectivity index (χ4v) is 4.03. The Balaban J connectivity index is 1.69. The highest BCUT2D eigenvalue weighted by Crippen LogP contribution is 2.31. The third kappa shape index (κ3) is 4.09. The maximum atomic E-state index is 12.9. The molecule has 152 valence electrons. The molecule has 1 aliphatic rings. The number of carbonyl (C=O) groups is 2. The summed E-state index contributed by atoms with van der Waals surface area (Å²) < 4.78 is 6.22. The van der Waals surface area contributed by atoms with Gasteiger partial charge in [-0.1, -0.05) is 46.3 Å².